The van der Waals surface area contributed by atoms with Crippen LogP contribution in [0.5, 0.6) is 23.0 Å². The minimum Gasteiger partial charge on any atom is -0.457 e. The fourth-order valence-corrected chi connectivity index (χ4v) is 17.7. The van der Waals surface area contributed by atoms with Crippen molar-refractivity contribution in [1.82, 2.24) is 4.90 Å². The first kappa shape index (κ1) is 73.2. The Labute approximate surface area is 661 Å². The van der Waals surface area contributed by atoms with E-state index in [0.717, 1.165) is 98.1 Å². The summed E-state index contributed by atoms with van der Waals surface area (Å²) in [4.78, 5) is 70.2. The van der Waals surface area contributed by atoms with Crippen molar-refractivity contribution in [3.63, 3.8) is 0 Å². The normalized spacial score (nSPS) is 14.1. The number of amides is 4. The number of carbonyl (C=O) groups excluding carboxylic acids is 4. The summed E-state index contributed by atoms with van der Waals surface area (Å²) in [7, 11) is 0. The average molecular weight is 1490 g/mol. The van der Waals surface area contributed by atoms with Crippen LogP contribution in [0.4, 0.5) is 22.7 Å². The summed E-state index contributed by atoms with van der Waals surface area (Å²) in [5.74, 6) is 0.428. The minimum atomic E-state index is -0.500. The molecule has 14 aromatic rings. The van der Waals surface area contributed by atoms with Crippen molar-refractivity contribution in [3.8, 4) is 67.5 Å². The molecule has 0 bridgehead atoms. The smallest absolute Gasteiger partial charge is 0.266 e. The number of benzene rings is 14. The van der Waals surface area contributed by atoms with E-state index in [2.05, 4.69) is 284 Å². The van der Waals surface area contributed by atoms with E-state index < -0.39 is 11.8 Å². The SMILES string of the molecule is CCCCC(CC)CN1C(=O)c2ccc3c4c(Oc5cc(C(C)(C)C)cc(C(C)(C)C)c5)cc5c6c(ccc(c7c(Oc8cc(C(C)(C)C)cc(C(C)(C)C)c8)cc(c2c37)C1=O)c64)C(=O)N(c1ccc(-c2ccc(-c3ccc(-c4ccc(-c6ccc(N7c8ccccc8Sc8ccccc87)cc6)cc4)cc3)cc2)cc1)C5=O. The van der Waals surface area contributed by atoms with Gasteiger partial charge in [-0.1, -0.05) is 274 Å². The fraction of sp³-hybridized carbons (Fsp3) is 0.235. The van der Waals surface area contributed by atoms with Crippen molar-refractivity contribution in [2.24, 2.45) is 5.92 Å². The fourth-order valence-electron chi connectivity index (χ4n) is 16.6. The lowest BCUT2D eigenvalue weighted by Crippen LogP contribution is -2.43. The molecule has 1 unspecified atom stereocenters. The summed E-state index contributed by atoms with van der Waals surface area (Å²) in [6.45, 7) is 30.9. The monoisotopic (exact) mass is 1490 g/mol. The number of unbranched alkanes of at least 4 members (excludes halogenated alkanes) is 1. The molecule has 0 N–H and O–H groups in total. The van der Waals surface area contributed by atoms with Gasteiger partial charge in [0.1, 0.15) is 23.0 Å². The summed E-state index contributed by atoms with van der Waals surface area (Å²) in [6, 6.07) is 83.8. The van der Waals surface area contributed by atoms with Crippen LogP contribution in [0.1, 0.15) is 186 Å². The first-order valence-electron chi connectivity index (χ1n) is 39.5. The van der Waals surface area contributed by atoms with Crippen molar-refractivity contribution >= 4 is 101 Å². The highest BCUT2D eigenvalue weighted by molar-refractivity contribution is 7.99. The zero-order valence-electron chi connectivity index (χ0n) is 66.4. The van der Waals surface area contributed by atoms with Gasteiger partial charge < -0.3 is 14.4 Å². The molecule has 3 aliphatic rings. The van der Waals surface area contributed by atoms with Gasteiger partial charge in [-0.15, -0.1) is 0 Å². The second-order valence-corrected chi connectivity index (χ2v) is 36.0. The second-order valence-electron chi connectivity index (χ2n) is 34.9. The quantitative estimate of drug-likeness (QED) is 0.0536. The molecule has 14 aromatic carbocycles. The van der Waals surface area contributed by atoms with Crippen molar-refractivity contribution in [2.75, 3.05) is 16.3 Å². The van der Waals surface area contributed by atoms with Crippen LogP contribution in [-0.4, -0.2) is 35.1 Å². The molecule has 9 nitrogen and oxygen atoms in total. The van der Waals surface area contributed by atoms with E-state index >= 15 is 19.2 Å². The topological polar surface area (TPSA) is 96.5 Å². The van der Waals surface area contributed by atoms with Gasteiger partial charge in [-0.2, -0.15) is 0 Å². The molecule has 0 radical (unpaired) electrons. The highest BCUT2D eigenvalue weighted by Crippen LogP contribution is 2.56. The van der Waals surface area contributed by atoms with Gasteiger partial charge in [-0.25, -0.2) is 4.90 Å². The maximum absolute atomic E-state index is 16.0. The molecule has 3 heterocycles. The third-order valence-electron chi connectivity index (χ3n) is 23.2. The molecule has 558 valence electrons. The van der Waals surface area contributed by atoms with Crippen LogP contribution in [0.15, 0.2) is 252 Å². The Morgan fingerprint density at radius 2 is 0.670 bits per heavy atom. The number of anilines is 4. The third kappa shape index (κ3) is 13.0. The Hall–Kier alpha value is -11.6. The largest absolute Gasteiger partial charge is 0.457 e. The first-order valence-corrected chi connectivity index (χ1v) is 40.3. The number of carbonyl (C=O) groups is 4. The van der Waals surface area contributed by atoms with E-state index in [4.69, 9.17) is 9.47 Å². The number of nitrogens with zero attached hydrogens (tertiary/aromatic N) is 3. The van der Waals surface area contributed by atoms with Gasteiger partial charge in [-0.05, 0) is 209 Å². The Bertz CT molecular complexity index is 6040. The Morgan fingerprint density at radius 3 is 1.04 bits per heavy atom. The van der Waals surface area contributed by atoms with Crippen LogP contribution in [0.2, 0.25) is 0 Å². The summed E-state index contributed by atoms with van der Waals surface area (Å²) in [5.41, 5.74) is 17.3. The predicted octanol–water partition coefficient (Wildman–Crippen LogP) is 27.7. The zero-order chi connectivity index (χ0) is 78.2. The number of rotatable bonds is 16. The van der Waals surface area contributed by atoms with Crippen LogP contribution in [0.25, 0.3) is 87.6 Å². The van der Waals surface area contributed by atoms with E-state index in [-0.39, 0.29) is 39.4 Å². The molecule has 0 aliphatic carbocycles. The Morgan fingerprint density at radius 1 is 0.339 bits per heavy atom. The maximum Gasteiger partial charge on any atom is 0.266 e. The lowest BCUT2D eigenvalue weighted by Gasteiger charge is -2.32. The summed E-state index contributed by atoms with van der Waals surface area (Å²) in [6.07, 6.45) is 3.72. The van der Waals surface area contributed by atoms with E-state index in [1.165, 1.54) is 31.0 Å². The number of para-hydroxylation sites is 2. The highest BCUT2D eigenvalue weighted by atomic mass is 32.2. The predicted molar refractivity (Wildman–Crippen MR) is 462 cm³/mol. The summed E-state index contributed by atoms with van der Waals surface area (Å²) >= 11 is 1.82. The van der Waals surface area contributed by atoms with Crippen LogP contribution >= 0.6 is 11.8 Å². The molecule has 3 aliphatic heterocycles. The van der Waals surface area contributed by atoms with Gasteiger partial charge in [0.15, 0.2) is 0 Å². The van der Waals surface area contributed by atoms with Crippen LogP contribution < -0.4 is 19.3 Å². The van der Waals surface area contributed by atoms with Crippen molar-refractivity contribution in [2.45, 2.75) is 154 Å². The van der Waals surface area contributed by atoms with E-state index in [1.54, 1.807) is 0 Å². The van der Waals surface area contributed by atoms with Gasteiger partial charge in [0.2, 0.25) is 0 Å². The minimum absolute atomic E-state index is 0.122. The molecule has 0 saturated carbocycles. The number of imide groups is 2. The number of hydrogen-bond acceptors (Lipinski definition) is 8. The van der Waals surface area contributed by atoms with Gasteiger partial charge in [0.25, 0.3) is 23.6 Å². The average Bonchev–Trinajstić information content (AvgIpc) is 0.676. The summed E-state index contributed by atoms with van der Waals surface area (Å²) in [5, 5.41) is 4.97. The van der Waals surface area contributed by atoms with Crippen LogP contribution in [0.3, 0.4) is 0 Å². The van der Waals surface area contributed by atoms with Crippen LogP contribution in [0, 0.1) is 5.92 Å². The van der Waals surface area contributed by atoms with E-state index in [9.17, 15) is 0 Å². The maximum atomic E-state index is 16.0. The molecule has 17 rings (SSSR count). The van der Waals surface area contributed by atoms with Crippen molar-refractivity contribution in [3.05, 3.63) is 287 Å². The molecule has 1 atom stereocenters. The second kappa shape index (κ2) is 27.7. The van der Waals surface area contributed by atoms with Crippen molar-refractivity contribution in [1.29, 1.82) is 0 Å². The van der Waals surface area contributed by atoms with E-state index in [0.29, 0.717) is 101 Å². The highest BCUT2D eigenvalue weighted by Gasteiger charge is 2.41. The van der Waals surface area contributed by atoms with Crippen LogP contribution in [-0.2, 0) is 21.7 Å². The van der Waals surface area contributed by atoms with Gasteiger partial charge in [-0.3, -0.25) is 24.1 Å². The lowest BCUT2D eigenvalue weighted by atomic mass is 9.80. The molecule has 0 spiro atoms. The molecule has 10 heteroatoms. The Kier molecular flexibility index (Phi) is 18.1. The Balaban J connectivity index is 0.718. The summed E-state index contributed by atoms with van der Waals surface area (Å²) < 4.78 is 14.9. The zero-order valence-corrected chi connectivity index (χ0v) is 67.2. The molecule has 0 aromatic heterocycles. The number of fused-ring (bicyclic) bond motifs is 4. The molecule has 4 amide bonds. The van der Waals surface area contributed by atoms with Gasteiger partial charge >= 0.3 is 0 Å². The van der Waals surface area contributed by atoms with Crippen molar-refractivity contribution < 1.29 is 28.7 Å². The molecule has 0 fully saturated rings. The molecular weight excluding hydrogens is 1400 g/mol. The third-order valence-corrected chi connectivity index (χ3v) is 24.4. The lowest BCUT2D eigenvalue weighted by molar-refractivity contribution is 0.0579. The number of ether oxygens (including phenoxy) is 2. The first-order chi connectivity index (χ1) is 53.6. The standard InChI is InChI=1S/C102H93N3O6S/c1-15-17-22-60(16-2)59-103-95(106)79-49-47-77-92-86(111-76-55-71(101(9,10)11)52-72(56-76)102(12,13)14)58-82-90-80(50-48-78(94(90)92)91-85(57-81(96(103)107)89(79)93(77)91)110-75-53-69(99(3,4)5)51-70(54-75)100(6,7)8)97(108)105(98(82)109)74-45-41-68(42-46-74)66-37-33-64(34-38-66)62-29-27-61(28-30-62)63-31-35-65(36-32-63)67-39-43-73(44-40-67)104-83-23-18-20-25-87(83)112-88-26-21-19-24-84(88)104/h18-21,23-58,60H,15-17,22,59H2,1-14H3. The van der Waals surface area contributed by atoms with Gasteiger partial charge in [0.05, 0.1) is 28.2 Å². The van der Waals surface area contributed by atoms with E-state index in [1.807, 2.05) is 72.4 Å². The number of hydrogen-bond donors (Lipinski definition) is 0. The molecule has 0 saturated heterocycles. The molecule has 112 heavy (non-hydrogen) atoms. The van der Waals surface area contributed by atoms with Gasteiger partial charge in [0, 0.05) is 65.5 Å². The molecular formula is C102H93N3O6S.